The molecule has 0 spiro atoms. The highest BCUT2D eigenvalue weighted by Crippen LogP contribution is 2.24. The van der Waals surface area contributed by atoms with Crippen molar-refractivity contribution >= 4 is 22.5 Å². The van der Waals surface area contributed by atoms with Gasteiger partial charge in [-0.1, -0.05) is 30.5 Å². The van der Waals surface area contributed by atoms with Gasteiger partial charge in [0, 0.05) is 24.7 Å². The Kier molecular flexibility index (Phi) is 4.48. The SMILES string of the molecule is CC1CCc2nc3cc(C#Cc4ccccn4)cc(Cl)c3c(=O)n2CC1. The first-order chi connectivity index (χ1) is 12.6. The second kappa shape index (κ2) is 6.93. The van der Waals surface area contributed by atoms with Crippen LogP contribution in [-0.4, -0.2) is 14.5 Å². The van der Waals surface area contributed by atoms with Crippen LogP contribution >= 0.6 is 11.6 Å². The van der Waals surface area contributed by atoms with Gasteiger partial charge >= 0.3 is 0 Å². The molecular formula is C21H18ClN3O. The minimum absolute atomic E-state index is 0.0478. The number of fused-ring (bicyclic) bond motifs is 2. The zero-order valence-electron chi connectivity index (χ0n) is 14.5. The summed E-state index contributed by atoms with van der Waals surface area (Å²) in [6, 6.07) is 9.16. The van der Waals surface area contributed by atoms with E-state index in [2.05, 4.69) is 23.7 Å². The Morgan fingerprint density at radius 1 is 1.23 bits per heavy atom. The van der Waals surface area contributed by atoms with E-state index < -0.39 is 0 Å². The Labute approximate surface area is 156 Å². The molecule has 130 valence electrons. The number of rotatable bonds is 0. The topological polar surface area (TPSA) is 47.8 Å². The monoisotopic (exact) mass is 363 g/mol. The quantitative estimate of drug-likeness (QED) is 0.570. The van der Waals surface area contributed by atoms with Crippen LogP contribution in [0.15, 0.2) is 41.3 Å². The summed E-state index contributed by atoms with van der Waals surface area (Å²) in [4.78, 5) is 21.9. The van der Waals surface area contributed by atoms with Crippen LogP contribution in [0.2, 0.25) is 5.02 Å². The predicted octanol–water partition coefficient (Wildman–Crippen LogP) is 3.82. The number of aryl methyl sites for hydroxylation is 1. The van der Waals surface area contributed by atoms with Gasteiger partial charge in [0.1, 0.15) is 11.5 Å². The maximum absolute atomic E-state index is 12.9. The first kappa shape index (κ1) is 16.8. The van der Waals surface area contributed by atoms with E-state index in [1.807, 2.05) is 24.3 Å². The average Bonchev–Trinajstić information content (AvgIpc) is 2.83. The van der Waals surface area contributed by atoms with Crippen molar-refractivity contribution in [2.24, 2.45) is 5.92 Å². The Balaban J connectivity index is 1.83. The van der Waals surface area contributed by atoms with Gasteiger partial charge in [0.15, 0.2) is 0 Å². The number of hydrogen-bond donors (Lipinski definition) is 0. The molecule has 0 fully saturated rings. The molecule has 0 radical (unpaired) electrons. The lowest BCUT2D eigenvalue weighted by atomic mass is 10.0. The lowest BCUT2D eigenvalue weighted by molar-refractivity contribution is 0.484. The van der Waals surface area contributed by atoms with Crippen molar-refractivity contribution in [3.05, 3.63) is 69.0 Å². The Morgan fingerprint density at radius 3 is 2.92 bits per heavy atom. The number of aromatic nitrogens is 3. The lowest BCUT2D eigenvalue weighted by Gasteiger charge is -2.11. The van der Waals surface area contributed by atoms with E-state index in [0.717, 1.165) is 30.7 Å². The van der Waals surface area contributed by atoms with Gasteiger partial charge in [-0.3, -0.25) is 9.36 Å². The Morgan fingerprint density at radius 2 is 2.12 bits per heavy atom. The summed E-state index contributed by atoms with van der Waals surface area (Å²) < 4.78 is 1.79. The van der Waals surface area contributed by atoms with E-state index in [9.17, 15) is 4.79 Å². The Bertz CT molecular complexity index is 1090. The van der Waals surface area contributed by atoms with E-state index in [1.165, 1.54) is 0 Å². The van der Waals surface area contributed by atoms with Crippen molar-refractivity contribution in [3.63, 3.8) is 0 Å². The van der Waals surface area contributed by atoms with Gasteiger partial charge in [-0.15, -0.1) is 0 Å². The number of benzene rings is 1. The van der Waals surface area contributed by atoms with Crippen LogP contribution in [0.4, 0.5) is 0 Å². The van der Waals surface area contributed by atoms with E-state index in [1.54, 1.807) is 16.8 Å². The van der Waals surface area contributed by atoms with E-state index >= 15 is 0 Å². The molecule has 1 aliphatic rings. The van der Waals surface area contributed by atoms with Gasteiger partial charge in [0.25, 0.3) is 5.56 Å². The molecule has 5 heteroatoms. The lowest BCUT2D eigenvalue weighted by Crippen LogP contribution is -2.24. The highest BCUT2D eigenvalue weighted by molar-refractivity contribution is 6.35. The number of nitrogens with zero attached hydrogens (tertiary/aromatic N) is 3. The molecular weight excluding hydrogens is 346 g/mol. The van der Waals surface area contributed by atoms with E-state index in [-0.39, 0.29) is 5.56 Å². The van der Waals surface area contributed by atoms with Crippen LogP contribution in [-0.2, 0) is 13.0 Å². The molecule has 0 N–H and O–H groups in total. The van der Waals surface area contributed by atoms with Crippen molar-refractivity contribution in [2.45, 2.75) is 32.7 Å². The largest absolute Gasteiger partial charge is 0.296 e. The molecule has 0 amide bonds. The van der Waals surface area contributed by atoms with Gasteiger partial charge < -0.3 is 0 Å². The molecule has 1 atom stereocenters. The molecule has 4 rings (SSSR count). The van der Waals surface area contributed by atoms with E-state index in [4.69, 9.17) is 16.6 Å². The molecule has 0 saturated carbocycles. The van der Waals surface area contributed by atoms with Gasteiger partial charge in [-0.25, -0.2) is 9.97 Å². The van der Waals surface area contributed by atoms with Gasteiger partial charge in [-0.2, -0.15) is 0 Å². The minimum atomic E-state index is -0.0478. The van der Waals surface area contributed by atoms with Crippen molar-refractivity contribution in [3.8, 4) is 11.8 Å². The fourth-order valence-electron chi connectivity index (χ4n) is 3.28. The molecule has 0 aliphatic carbocycles. The number of halogens is 1. The van der Waals surface area contributed by atoms with Crippen molar-refractivity contribution in [1.29, 1.82) is 0 Å². The molecule has 3 heterocycles. The van der Waals surface area contributed by atoms with Gasteiger partial charge in [-0.05, 0) is 48.9 Å². The highest BCUT2D eigenvalue weighted by atomic mass is 35.5. The predicted molar refractivity (Wildman–Crippen MR) is 103 cm³/mol. The summed E-state index contributed by atoms with van der Waals surface area (Å²) in [5.41, 5.74) is 1.99. The van der Waals surface area contributed by atoms with Gasteiger partial charge in [0.2, 0.25) is 0 Å². The molecule has 3 aromatic rings. The zero-order chi connectivity index (χ0) is 18.1. The maximum atomic E-state index is 12.9. The summed E-state index contributed by atoms with van der Waals surface area (Å²) in [5, 5.41) is 0.881. The number of hydrogen-bond acceptors (Lipinski definition) is 3. The van der Waals surface area contributed by atoms with Crippen LogP contribution in [0.1, 0.15) is 36.8 Å². The maximum Gasteiger partial charge on any atom is 0.262 e. The van der Waals surface area contributed by atoms with Crippen LogP contribution in [0.25, 0.3) is 10.9 Å². The molecule has 4 nitrogen and oxygen atoms in total. The van der Waals surface area contributed by atoms with Crippen LogP contribution < -0.4 is 5.56 Å². The normalized spacial score (nSPS) is 16.5. The zero-order valence-corrected chi connectivity index (χ0v) is 15.3. The van der Waals surface area contributed by atoms with E-state index in [0.29, 0.717) is 34.1 Å². The third kappa shape index (κ3) is 3.23. The number of pyridine rings is 1. The molecule has 2 aromatic heterocycles. The first-order valence-corrected chi connectivity index (χ1v) is 9.15. The molecule has 0 saturated heterocycles. The molecule has 1 unspecified atom stereocenters. The standard InChI is InChI=1S/C21H18ClN3O/c1-14-5-8-19-24-18-13-15(6-7-16-4-2-3-10-23-16)12-17(22)20(18)21(26)25(19)11-9-14/h2-4,10,12-14H,5,8-9,11H2,1H3. The summed E-state index contributed by atoms with van der Waals surface area (Å²) in [6.07, 6.45) is 4.56. The van der Waals surface area contributed by atoms with Crippen molar-refractivity contribution in [2.75, 3.05) is 0 Å². The van der Waals surface area contributed by atoms with Crippen LogP contribution in [0, 0.1) is 17.8 Å². The average molecular weight is 364 g/mol. The summed E-state index contributed by atoms with van der Waals surface area (Å²) >= 11 is 6.42. The molecule has 26 heavy (non-hydrogen) atoms. The molecule has 1 aliphatic heterocycles. The first-order valence-electron chi connectivity index (χ1n) is 8.78. The van der Waals surface area contributed by atoms with Crippen LogP contribution in [0.5, 0.6) is 0 Å². The van der Waals surface area contributed by atoms with Crippen LogP contribution in [0.3, 0.4) is 0 Å². The minimum Gasteiger partial charge on any atom is -0.296 e. The van der Waals surface area contributed by atoms with Gasteiger partial charge in [0.05, 0.1) is 15.9 Å². The fourth-order valence-corrected chi connectivity index (χ4v) is 3.57. The highest BCUT2D eigenvalue weighted by Gasteiger charge is 2.18. The third-order valence-electron chi connectivity index (χ3n) is 4.80. The summed E-state index contributed by atoms with van der Waals surface area (Å²) in [6.45, 7) is 2.92. The molecule has 1 aromatic carbocycles. The van der Waals surface area contributed by atoms with Crippen molar-refractivity contribution in [1.82, 2.24) is 14.5 Å². The molecule has 0 bridgehead atoms. The second-order valence-electron chi connectivity index (χ2n) is 6.73. The summed E-state index contributed by atoms with van der Waals surface area (Å²) in [7, 11) is 0. The third-order valence-corrected chi connectivity index (χ3v) is 5.09. The second-order valence-corrected chi connectivity index (χ2v) is 7.14. The van der Waals surface area contributed by atoms with Crippen molar-refractivity contribution < 1.29 is 0 Å². The Hall–Kier alpha value is -2.64. The smallest absolute Gasteiger partial charge is 0.262 e. The fraction of sp³-hybridized carbons (Fsp3) is 0.286. The summed E-state index contributed by atoms with van der Waals surface area (Å²) in [5.74, 6) is 7.52.